The van der Waals surface area contributed by atoms with E-state index in [1.165, 1.54) is 11.3 Å². The summed E-state index contributed by atoms with van der Waals surface area (Å²) in [6.45, 7) is 3.73. The number of anilines is 2. The van der Waals surface area contributed by atoms with E-state index < -0.39 is 11.8 Å². The van der Waals surface area contributed by atoms with Gasteiger partial charge in [0, 0.05) is 11.1 Å². The van der Waals surface area contributed by atoms with Gasteiger partial charge in [-0.25, -0.2) is 4.98 Å². The standard InChI is InChI=1S/C13H13N3O2S/c1-8-4-3-5-10(6-8)15-11(17)12(18)16-13-14-9(2)7-19-13/h3-7H,1-2H3,(H,15,17)(H,14,16,18). The van der Waals surface area contributed by atoms with Crippen LogP contribution in [0.25, 0.3) is 0 Å². The largest absolute Gasteiger partial charge is 0.318 e. The number of hydrogen-bond donors (Lipinski definition) is 2. The summed E-state index contributed by atoms with van der Waals surface area (Å²) in [5, 5.41) is 7.21. The monoisotopic (exact) mass is 275 g/mol. The molecule has 19 heavy (non-hydrogen) atoms. The lowest BCUT2D eigenvalue weighted by atomic mass is 10.2. The van der Waals surface area contributed by atoms with E-state index in [0.717, 1.165) is 11.3 Å². The van der Waals surface area contributed by atoms with Gasteiger partial charge in [-0.2, -0.15) is 0 Å². The normalized spacial score (nSPS) is 10.0. The maximum absolute atomic E-state index is 11.7. The molecule has 0 fully saturated rings. The molecule has 2 aromatic rings. The summed E-state index contributed by atoms with van der Waals surface area (Å²) in [6.07, 6.45) is 0. The quantitative estimate of drug-likeness (QED) is 0.826. The van der Waals surface area contributed by atoms with Crippen molar-refractivity contribution in [3.8, 4) is 0 Å². The van der Waals surface area contributed by atoms with Crippen molar-refractivity contribution in [1.82, 2.24) is 4.98 Å². The molecule has 98 valence electrons. The van der Waals surface area contributed by atoms with E-state index in [0.29, 0.717) is 10.8 Å². The molecule has 6 heteroatoms. The number of rotatable bonds is 2. The predicted octanol–water partition coefficient (Wildman–Crippen LogP) is 2.34. The number of thiazole rings is 1. The van der Waals surface area contributed by atoms with Gasteiger partial charge < -0.3 is 5.32 Å². The number of benzene rings is 1. The number of amides is 2. The van der Waals surface area contributed by atoms with Gasteiger partial charge in [-0.1, -0.05) is 12.1 Å². The van der Waals surface area contributed by atoms with Crippen LogP contribution in [0.3, 0.4) is 0 Å². The molecular weight excluding hydrogens is 262 g/mol. The Morgan fingerprint density at radius 1 is 1.16 bits per heavy atom. The van der Waals surface area contributed by atoms with Crippen molar-refractivity contribution < 1.29 is 9.59 Å². The lowest BCUT2D eigenvalue weighted by Gasteiger charge is -2.05. The molecule has 1 heterocycles. The minimum atomic E-state index is -0.726. The number of aromatic nitrogens is 1. The fourth-order valence-corrected chi connectivity index (χ4v) is 2.16. The second-order valence-corrected chi connectivity index (χ2v) is 4.93. The molecule has 0 bridgehead atoms. The van der Waals surface area contributed by atoms with E-state index in [1.54, 1.807) is 17.5 Å². The van der Waals surface area contributed by atoms with Gasteiger partial charge in [0.2, 0.25) is 0 Å². The molecule has 1 aromatic heterocycles. The maximum atomic E-state index is 11.7. The van der Waals surface area contributed by atoms with Crippen LogP contribution in [0.4, 0.5) is 10.8 Å². The zero-order valence-corrected chi connectivity index (χ0v) is 11.4. The lowest BCUT2D eigenvalue weighted by Crippen LogP contribution is -2.29. The zero-order valence-electron chi connectivity index (χ0n) is 10.6. The smallest absolute Gasteiger partial charge is 0.315 e. The molecule has 0 spiro atoms. The van der Waals surface area contributed by atoms with Crippen molar-refractivity contribution >= 4 is 34.0 Å². The first-order chi connectivity index (χ1) is 9.04. The molecule has 2 amide bonds. The van der Waals surface area contributed by atoms with Crippen LogP contribution in [-0.4, -0.2) is 16.8 Å². The van der Waals surface area contributed by atoms with Gasteiger partial charge in [0.1, 0.15) is 0 Å². The van der Waals surface area contributed by atoms with Crippen molar-refractivity contribution in [1.29, 1.82) is 0 Å². The fourth-order valence-electron chi connectivity index (χ4n) is 1.48. The van der Waals surface area contributed by atoms with Crippen molar-refractivity contribution in [2.75, 3.05) is 10.6 Å². The summed E-state index contributed by atoms with van der Waals surface area (Å²) in [7, 11) is 0. The Labute approximate surface area is 114 Å². The Hall–Kier alpha value is -2.21. The maximum Gasteiger partial charge on any atom is 0.315 e. The predicted molar refractivity (Wildman–Crippen MR) is 75.3 cm³/mol. The van der Waals surface area contributed by atoms with Crippen molar-refractivity contribution in [3.63, 3.8) is 0 Å². The van der Waals surface area contributed by atoms with E-state index in [4.69, 9.17) is 0 Å². The molecular formula is C13H13N3O2S. The molecule has 0 aliphatic rings. The molecule has 0 saturated carbocycles. The Bertz CT molecular complexity index is 622. The number of carbonyl (C=O) groups excluding carboxylic acids is 2. The molecule has 0 unspecified atom stereocenters. The van der Waals surface area contributed by atoms with Crippen LogP contribution in [0.1, 0.15) is 11.3 Å². The van der Waals surface area contributed by atoms with Crippen LogP contribution in [0.2, 0.25) is 0 Å². The van der Waals surface area contributed by atoms with Gasteiger partial charge in [-0.05, 0) is 31.5 Å². The topological polar surface area (TPSA) is 71.1 Å². The lowest BCUT2D eigenvalue weighted by molar-refractivity contribution is -0.132. The number of carbonyl (C=O) groups is 2. The van der Waals surface area contributed by atoms with Crippen LogP contribution in [-0.2, 0) is 9.59 Å². The summed E-state index contributed by atoms with van der Waals surface area (Å²) < 4.78 is 0. The SMILES string of the molecule is Cc1cccc(NC(=O)C(=O)Nc2nc(C)cs2)c1. The highest BCUT2D eigenvalue weighted by Gasteiger charge is 2.15. The van der Waals surface area contributed by atoms with Crippen molar-refractivity contribution in [2.24, 2.45) is 0 Å². The van der Waals surface area contributed by atoms with Gasteiger partial charge >= 0.3 is 11.8 Å². The summed E-state index contributed by atoms with van der Waals surface area (Å²) in [4.78, 5) is 27.4. The second-order valence-electron chi connectivity index (χ2n) is 4.07. The first kappa shape index (κ1) is 13.2. The molecule has 1 aromatic carbocycles. The molecule has 0 saturated heterocycles. The highest BCUT2D eigenvalue weighted by atomic mass is 32.1. The molecule has 0 aliphatic carbocycles. The van der Waals surface area contributed by atoms with Crippen molar-refractivity contribution in [3.05, 3.63) is 40.9 Å². The molecule has 0 aliphatic heterocycles. The number of aryl methyl sites for hydroxylation is 2. The highest BCUT2D eigenvalue weighted by molar-refractivity contribution is 7.14. The third-order valence-electron chi connectivity index (χ3n) is 2.32. The van der Waals surface area contributed by atoms with Gasteiger partial charge in [0.25, 0.3) is 0 Å². The minimum absolute atomic E-state index is 0.418. The zero-order chi connectivity index (χ0) is 13.8. The Morgan fingerprint density at radius 3 is 2.53 bits per heavy atom. The molecule has 2 rings (SSSR count). The second kappa shape index (κ2) is 5.62. The van der Waals surface area contributed by atoms with Crippen LogP contribution < -0.4 is 10.6 Å². The van der Waals surface area contributed by atoms with E-state index >= 15 is 0 Å². The highest BCUT2D eigenvalue weighted by Crippen LogP contribution is 2.14. The summed E-state index contributed by atoms with van der Waals surface area (Å²) >= 11 is 1.28. The molecule has 0 atom stereocenters. The molecule has 0 radical (unpaired) electrons. The van der Waals surface area contributed by atoms with Crippen LogP contribution >= 0.6 is 11.3 Å². The Morgan fingerprint density at radius 2 is 1.89 bits per heavy atom. The summed E-state index contributed by atoms with van der Waals surface area (Å²) in [5.74, 6) is -1.44. The average molecular weight is 275 g/mol. The van der Waals surface area contributed by atoms with Crippen LogP contribution in [0, 0.1) is 13.8 Å². The van der Waals surface area contributed by atoms with Gasteiger partial charge in [-0.3, -0.25) is 14.9 Å². The Balaban J connectivity index is 1.98. The van der Waals surface area contributed by atoms with E-state index in [9.17, 15) is 9.59 Å². The van der Waals surface area contributed by atoms with Crippen molar-refractivity contribution in [2.45, 2.75) is 13.8 Å². The van der Waals surface area contributed by atoms with E-state index in [1.807, 2.05) is 26.0 Å². The average Bonchev–Trinajstić information content (AvgIpc) is 2.74. The first-order valence-corrected chi connectivity index (χ1v) is 6.53. The summed E-state index contributed by atoms with van der Waals surface area (Å²) in [6, 6.07) is 7.24. The van der Waals surface area contributed by atoms with Crippen LogP contribution in [0.5, 0.6) is 0 Å². The summed E-state index contributed by atoms with van der Waals surface area (Å²) in [5.41, 5.74) is 2.41. The Kier molecular flexibility index (Phi) is 3.91. The number of nitrogens with zero attached hydrogens (tertiary/aromatic N) is 1. The van der Waals surface area contributed by atoms with Crippen LogP contribution in [0.15, 0.2) is 29.6 Å². The minimum Gasteiger partial charge on any atom is -0.318 e. The number of nitrogens with one attached hydrogen (secondary N) is 2. The fraction of sp³-hybridized carbons (Fsp3) is 0.154. The van der Waals surface area contributed by atoms with E-state index in [-0.39, 0.29) is 0 Å². The van der Waals surface area contributed by atoms with Gasteiger partial charge in [0.15, 0.2) is 5.13 Å². The molecule has 2 N–H and O–H groups in total. The van der Waals surface area contributed by atoms with Gasteiger partial charge in [-0.15, -0.1) is 11.3 Å². The molecule has 5 nitrogen and oxygen atoms in total. The first-order valence-electron chi connectivity index (χ1n) is 5.66. The van der Waals surface area contributed by atoms with Gasteiger partial charge in [0.05, 0.1) is 5.69 Å². The number of hydrogen-bond acceptors (Lipinski definition) is 4. The van der Waals surface area contributed by atoms with E-state index in [2.05, 4.69) is 15.6 Å². The third kappa shape index (κ3) is 3.62. The third-order valence-corrected chi connectivity index (χ3v) is 3.20.